The Morgan fingerprint density at radius 2 is 2.03 bits per heavy atom. The van der Waals surface area contributed by atoms with Crippen molar-refractivity contribution >= 4 is 16.8 Å². The predicted octanol–water partition coefficient (Wildman–Crippen LogP) is 3.72. The molecular weight excluding hydrogens is 401 g/mol. The molecule has 2 aromatic carbocycles. The second-order valence-electron chi connectivity index (χ2n) is 7.76. The van der Waals surface area contributed by atoms with Crippen molar-refractivity contribution in [2.24, 2.45) is 5.73 Å². The Labute approximate surface area is 179 Å². The number of aromatic nitrogens is 1. The first kappa shape index (κ1) is 21.1. The molecule has 1 saturated heterocycles. The number of fused-ring (bicyclic) bond motifs is 1. The minimum atomic E-state index is -0.501. The summed E-state index contributed by atoms with van der Waals surface area (Å²) in [6.45, 7) is 3.40. The summed E-state index contributed by atoms with van der Waals surface area (Å²) in [6.07, 6.45) is 2.83. The van der Waals surface area contributed by atoms with E-state index < -0.39 is 5.91 Å². The first-order valence-corrected chi connectivity index (χ1v) is 10.4. The van der Waals surface area contributed by atoms with E-state index in [9.17, 15) is 9.18 Å². The van der Waals surface area contributed by atoms with E-state index in [0.29, 0.717) is 35.1 Å². The van der Waals surface area contributed by atoms with Gasteiger partial charge in [-0.1, -0.05) is 5.16 Å². The van der Waals surface area contributed by atoms with Gasteiger partial charge in [0.25, 0.3) is 0 Å². The highest BCUT2D eigenvalue weighted by Gasteiger charge is 2.25. The van der Waals surface area contributed by atoms with Crippen molar-refractivity contribution < 1.29 is 23.2 Å². The molecule has 1 amide bonds. The molecule has 0 spiro atoms. The predicted molar refractivity (Wildman–Crippen MR) is 114 cm³/mol. The van der Waals surface area contributed by atoms with Crippen LogP contribution in [0, 0.1) is 5.82 Å². The smallest absolute Gasteiger partial charge is 0.248 e. The third kappa shape index (κ3) is 4.80. The van der Waals surface area contributed by atoms with Gasteiger partial charge in [-0.2, -0.15) is 0 Å². The van der Waals surface area contributed by atoms with Crippen LogP contribution in [0.2, 0.25) is 0 Å². The first-order chi connectivity index (χ1) is 15.0. The molecule has 7 nitrogen and oxygen atoms in total. The van der Waals surface area contributed by atoms with Crippen LogP contribution in [-0.2, 0) is 0 Å². The zero-order chi connectivity index (χ0) is 21.8. The number of carbonyl (C=O) groups excluding carboxylic acids is 1. The van der Waals surface area contributed by atoms with E-state index in [1.54, 1.807) is 24.3 Å². The Bertz CT molecular complexity index is 1060. The summed E-state index contributed by atoms with van der Waals surface area (Å²) in [7, 11) is 1.53. The first-order valence-electron chi connectivity index (χ1n) is 10.4. The number of amides is 1. The zero-order valence-corrected chi connectivity index (χ0v) is 17.5. The van der Waals surface area contributed by atoms with Gasteiger partial charge in [0, 0.05) is 29.5 Å². The van der Waals surface area contributed by atoms with Crippen LogP contribution in [0.25, 0.3) is 10.9 Å². The number of hydrogen-bond acceptors (Lipinski definition) is 6. The third-order valence-corrected chi connectivity index (χ3v) is 5.75. The molecule has 1 aliphatic rings. The number of rotatable bonds is 8. The SMILES string of the molecule is COc1cc(C(N)=O)ccc1OCCCN1CCC(c2onc3cc(F)ccc23)CC1. The molecule has 1 fully saturated rings. The Morgan fingerprint density at radius 1 is 1.23 bits per heavy atom. The minimum absolute atomic E-state index is 0.300. The highest BCUT2D eigenvalue weighted by atomic mass is 19.1. The summed E-state index contributed by atoms with van der Waals surface area (Å²) in [4.78, 5) is 13.7. The maximum atomic E-state index is 13.4. The van der Waals surface area contributed by atoms with Crippen molar-refractivity contribution in [2.75, 3.05) is 33.4 Å². The number of halogens is 1. The minimum Gasteiger partial charge on any atom is -0.493 e. The molecule has 0 radical (unpaired) electrons. The number of primary amides is 1. The van der Waals surface area contributed by atoms with E-state index in [1.165, 1.54) is 19.2 Å². The normalized spacial score (nSPS) is 15.3. The maximum absolute atomic E-state index is 13.4. The summed E-state index contributed by atoms with van der Waals surface area (Å²) >= 11 is 0. The molecule has 2 heterocycles. The number of nitrogens with zero attached hydrogens (tertiary/aromatic N) is 2. The number of nitrogens with two attached hydrogens (primary N) is 1. The van der Waals surface area contributed by atoms with Gasteiger partial charge in [-0.3, -0.25) is 4.79 Å². The topological polar surface area (TPSA) is 90.8 Å². The number of piperidine rings is 1. The van der Waals surface area contributed by atoms with Gasteiger partial charge < -0.3 is 24.6 Å². The van der Waals surface area contributed by atoms with E-state index in [4.69, 9.17) is 19.7 Å². The van der Waals surface area contributed by atoms with Crippen molar-refractivity contribution in [3.8, 4) is 11.5 Å². The summed E-state index contributed by atoms with van der Waals surface area (Å²) < 4.78 is 30.0. The van der Waals surface area contributed by atoms with E-state index in [2.05, 4.69) is 10.1 Å². The number of likely N-dealkylation sites (tertiary alicyclic amines) is 1. The van der Waals surface area contributed by atoms with Crippen LogP contribution < -0.4 is 15.2 Å². The van der Waals surface area contributed by atoms with E-state index >= 15 is 0 Å². The molecule has 8 heteroatoms. The molecule has 1 aliphatic heterocycles. The zero-order valence-electron chi connectivity index (χ0n) is 17.5. The standard InChI is InChI=1S/C23H26FN3O4/c1-29-21-13-16(23(25)28)3-6-20(21)30-12-2-9-27-10-7-15(8-11-27)22-18-5-4-17(24)14-19(18)26-31-22/h3-6,13-15H,2,7-12H2,1H3,(H2,25,28). The van der Waals surface area contributed by atoms with E-state index in [1.807, 2.05) is 0 Å². The lowest BCUT2D eigenvalue weighted by molar-refractivity contribution is 0.1000. The summed E-state index contributed by atoms with van der Waals surface area (Å²) in [5.74, 6) is 1.46. The highest BCUT2D eigenvalue weighted by molar-refractivity contribution is 5.93. The van der Waals surface area contributed by atoms with Crippen molar-refractivity contribution in [1.29, 1.82) is 0 Å². The van der Waals surface area contributed by atoms with E-state index in [-0.39, 0.29) is 5.82 Å². The fourth-order valence-electron chi connectivity index (χ4n) is 4.06. The molecule has 0 saturated carbocycles. The molecular formula is C23H26FN3O4. The highest BCUT2D eigenvalue weighted by Crippen LogP contribution is 2.33. The van der Waals surface area contributed by atoms with Crippen LogP contribution in [-0.4, -0.2) is 49.3 Å². The number of carbonyl (C=O) groups is 1. The number of hydrogen-bond donors (Lipinski definition) is 1. The molecule has 4 rings (SSSR count). The molecule has 0 aliphatic carbocycles. The molecule has 1 aromatic heterocycles. The molecule has 0 unspecified atom stereocenters. The second-order valence-corrected chi connectivity index (χ2v) is 7.76. The Kier molecular flexibility index (Phi) is 6.36. The molecule has 0 bridgehead atoms. The van der Waals surface area contributed by atoms with Gasteiger partial charge in [-0.25, -0.2) is 4.39 Å². The largest absolute Gasteiger partial charge is 0.493 e. The average Bonchev–Trinajstić information content (AvgIpc) is 3.20. The maximum Gasteiger partial charge on any atom is 0.248 e. The molecule has 2 N–H and O–H groups in total. The Balaban J connectivity index is 1.24. The molecule has 3 aromatic rings. The van der Waals surface area contributed by atoms with Crippen LogP contribution in [0.4, 0.5) is 4.39 Å². The monoisotopic (exact) mass is 427 g/mol. The lowest BCUT2D eigenvalue weighted by Gasteiger charge is -2.30. The second kappa shape index (κ2) is 9.34. The summed E-state index contributed by atoms with van der Waals surface area (Å²) in [5, 5.41) is 4.92. The Morgan fingerprint density at radius 3 is 2.77 bits per heavy atom. The Hall–Kier alpha value is -3.13. The lowest BCUT2D eigenvalue weighted by Crippen LogP contribution is -2.34. The van der Waals surface area contributed by atoms with Crippen LogP contribution >= 0.6 is 0 Å². The quantitative estimate of drug-likeness (QED) is 0.551. The fraction of sp³-hybridized carbons (Fsp3) is 0.391. The summed E-state index contributed by atoms with van der Waals surface area (Å²) in [5.41, 5.74) is 6.26. The van der Waals surface area contributed by atoms with Crippen molar-refractivity contribution in [1.82, 2.24) is 10.1 Å². The third-order valence-electron chi connectivity index (χ3n) is 5.75. The van der Waals surface area contributed by atoms with Gasteiger partial charge in [0.2, 0.25) is 5.91 Å². The van der Waals surface area contributed by atoms with Crippen molar-refractivity contribution in [3.05, 3.63) is 53.5 Å². The van der Waals surface area contributed by atoms with Gasteiger partial charge in [0.1, 0.15) is 17.1 Å². The molecule has 31 heavy (non-hydrogen) atoms. The van der Waals surface area contributed by atoms with Crippen LogP contribution in [0.1, 0.15) is 41.3 Å². The van der Waals surface area contributed by atoms with Crippen LogP contribution in [0.15, 0.2) is 40.9 Å². The van der Waals surface area contributed by atoms with E-state index in [0.717, 1.165) is 50.0 Å². The fourth-order valence-corrected chi connectivity index (χ4v) is 4.06. The van der Waals surface area contributed by atoms with Gasteiger partial charge >= 0.3 is 0 Å². The summed E-state index contributed by atoms with van der Waals surface area (Å²) in [6, 6.07) is 9.54. The van der Waals surface area contributed by atoms with Gasteiger partial charge in [-0.05, 0) is 62.7 Å². The number of methoxy groups -OCH3 is 1. The average molecular weight is 427 g/mol. The molecule has 164 valence electrons. The van der Waals surface area contributed by atoms with Gasteiger partial charge in [0.05, 0.1) is 13.7 Å². The van der Waals surface area contributed by atoms with Crippen LogP contribution in [0.3, 0.4) is 0 Å². The lowest BCUT2D eigenvalue weighted by atomic mass is 9.92. The molecule has 0 atom stereocenters. The van der Waals surface area contributed by atoms with Gasteiger partial charge in [0.15, 0.2) is 11.5 Å². The van der Waals surface area contributed by atoms with Crippen molar-refractivity contribution in [2.45, 2.75) is 25.2 Å². The number of benzene rings is 2. The number of ether oxygens (including phenoxy) is 2. The van der Waals surface area contributed by atoms with Crippen LogP contribution in [0.5, 0.6) is 11.5 Å². The van der Waals surface area contributed by atoms with Gasteiger partial charge in [-0.15, -0.1) is 0 Å². The van der Waals surface area contributed by atoms with Crippen molar-refractivity contribution in [3.63, 3.8) is 0 Å².